The molecule has 0 saturated heterocycles. The van der Waals surface area contributed by atoms with Crippen molar-refractivity contribution in [2.75, 3.05) is 6.73 Å². The minimum atomic E-state index is -0.269. The number of aryl methyl sites for hydroxylation is 1. The predicted molar refractivity (Wildman–Crippen MR) is 122 cm³/mol. The molecule has 0 aromatic heterocycles. The number of allylic oxidation sites excluding steroid dienone is 1. The van der Waals surface area contributed by atoms with Gasteiger partial charge in [-0.2, -0.15) is 0 Å². The van der Waals surface area contributed by atoms with E-state index in [0.717, 1.165) is 16.7 Å². The SMILES string of the molecule is Cc1cc2c(c3c1C(=O)/C(=C/c1ccc(Cl)cc1Cl)O3)CN(Cc1ccc(F)cc1)CO2. The van der Waals surface area contributed by atoms with Crippen LogP contribution in [0, 0.1) is 12.7 Å². The van der Waals surface area contributed by atoms with Crippen LogP contribution >= 0.6 is 23.2 Å². The summed E-state index contributed by atoms with van der Waals surface area (Å²) >= 11 is 12.2. The summed E-state index contributed by atoms with van der Waals surface area (Å²) in [7, 11) is 0. The Morgan fingerprint density at radius 1 is 1.12 bits per heavy atom. The molecular weight excluding hydrogens is 452 g/mol. The number of rotatable bonds is 3. The van der Waals surface area contributed by atoms with Gasteiger partial charge in [0.05, 0.1) is 11.1 Å². The molecule has 0 fully saturated rings. The third-order valence-corrected chi connectivity index (χ3v) is 6.12. The molecule has 0 N–H and O–H groups in total. The first kappa shape index (κ1) is 21.0. The van der Waals surface area contributed by atoms with E-state index >= 15 is 0 Å². The molecule has 162 valence electrons. The average Bonchev–Trinajstić information content (AvgIpc) is 3.09. The van der Waals surface area contributed by atoms with Crippen molar-refractivity contribution in [3.05, 3.63) is 98.0 Å². The highest BCUT2D eigenvalue weighted by molar-refractivity contribution is 6.35. The number of benzene rings is 3. The van der Waals surface area contributed by atoms with Gasteiger partial charge in [-0.3, -0.25) is 9.69 Å². The van der Waals surface area contributed by atoms with E-state index in [1.54, 1.807) is 36.4 Å². The highest BCUT2D eigenvalue weighted by Gasteiger charge is 2.35. The molecule has 5 rings (SSSR count). The Morgan fingerprint density at radius 2 is 1.91 bits per heavy atom. The predicted octanol–water partition coefficient (Wildman–Crippen LogP) is 6.41. The Balaban J connectivity index is 1.46. The number of hydrogen-bond acceptors (Lipinski definition) is 4. The van der Waals surface area contributed by atoms with Crippen LogP contribution in [0.1, 0.15) is 32.6 Å². The van der Waals surface area contributed by atoms with E-state index in [0.29, 0.717) is 52.5 Å². The summed E-state index contributed by atoms with van der Waals surface area (Å²) in [6.07, 6.45) is 1.63. The maximum atomic E-state index is 13.2. The fourth-order valence-corrected chi connectivity index (χ4v) is 4.45. The molecule has 7 heteroatoms. The number of carbonyl (C=O) groups is 1. The number of ketones is 1. The van der Waals surface area contributed by atoms with Crippen LogP contribution in [0.3, 0.4) is 0 Å². The van der Waals surface area contributed by atoms with Gasteiger partial charge in [0.2, 0.25) is 5.78 Å². The lowest BCUT2D eigenvalue weighted by Crippen LogP contribution is -2.31. The molecule has 0 saturated carbocycles. The molecule has 0 spiro atoms. The topological polar surface area (TPSA) is 38.8 Å². The molecular formula is C25H18Cl2FNO3. The fraction of sp³-hybridized carbons (Fsp3) is 0.160. The molecule has 0 amide bonds. The van der Waals surface area contributed by atoms with E-state index in [9.17, 15) is 9.18 Å². The first-order valence-corrected chi connectivity index (χ1v) is 10.8. The molecule has 3 aromatic rings. The van der Waals surface area contributed by atoms with Gasteiger partial charge in [0.1, 0.15) is 24.0 Å². The van der Waals surface area contributed by atoms with Crippen LogP contribution in [-0.2, 0) is 13.1 Å². The quantitative estimate of drug-likeness (QED) is 0.415. The van der Waals surface area contributed by atoms with Crippen molar-refractivity contribution in [3.63, 3.8) is 0 Å². The molecule has 0 radical (unpaired) electrons. The normalized spacial score (nSPS) is 16.5. The van der Waals surface area contributed by atoms with Crippen LogP contribution < -0.4 is 9.47 Å². The van der Waals surface area contributed by atoms with Gasteiger partial charge in [-0.05, 0) is 60.0 Å². The van der Waals surface area contributed by atoms with Crippen LogP contribution in [0.4, 0.5) is 4.39 Å². The van der Waals surface area contributed by atoms with Gasteiger partial charge in [0, 0.05) is 23.1 Å². The molecule has 2 aliphatic heterocycles. The number of fused-ring (bicyclic) bond motifs is 3. The number of carbonyl (C=O) groups excluding carboxylic acids is 1. The van der Waals surface area contributed by atoms with Crippen molar-refractivity contribution in [1.29, 1.82) is 0 Å². The third-order valence-electron chi connectivity index (χ3n) is 5.56. The van der Waals surface area contributed by atoms with Crippen LogP contribution in [0.25, 0.3) is 6.08 Å². The number of Topliss-reactive ketones (excluding diaryl/α,β-unsaturated/α-hetero) is 1. The summed E-state index contributed by atoms with van der Waals surface area (Å²) in [6.45, 7) is 3.38. The van der Waals surface area contributed by atoms with Crippen LogP contribution in [-0.4, -0.2) is 17.4 Å². The largest absolute Gasteiger partial charge is 0.478 e. The lowest BCUT2D eigenvalue weighted by molar-refractivity contribution is 0.0872. The Kier molecular flexibility index (Phi) is 5.41. The minimum absolute atomic E-state index is 0.193. The summed E-state index contributed by atoms with van der Waals surface area (Å²) in [5.74, 6) is 0.966. The first-order chi connectivity index (χ1) is 15.4. The molecule has 3 aromatic carbocycles. The highest BCUT2D eigenvalue weighted by atomic mass is 35.5. The summed E-state index contributed by atoms with van der Waals surface area (Å²) in [5.41, 5.74) is 3.76. The smallest absolute Gasteiger partial charge is 0.232 e. The van der Waals surface area contributed by atoms with Crippen LogP contribution in [0.5, 0.6) is 11.5 Å². The number of ether oxygens (including phenoxy) is 2. The zero-order valence-electron chi connectivity index (χ0n) is 17.1. The zero-order valence-corrected chi connectivity index (χ0v) is 18.6. The van der Waals surface area contributed by atoms with E-state index in [4.69, 9.17) is 32.7 Å². The lowest BCUT2D eigenvalue weighted by Gasteiger charge is -2.30. The van der Waals surface area contributed by atoms with Crippen molar-refractivity contribution >= 4 is 35.1 Å². The molecule has 4 nitrogen and oxygen atoms in total. The molecule has 0 unspecified atom stereocenters. The van der Waals surface area contributed by atoms with Gasteiger partial charge in [-0.1, -0.05) is 41.4 Å². The second-order valence-electron chi connectivity index (χ2n) is 7.87. The number of halogens is 3. The standard InChI is InChI=1S/C25H18Cl2FNO3/c1-14-8-21-19(12-29(13-31-21)11-15-2-6-18(28)7-3-15)25-23(14)24(30)22(32-25)9-16-4-5-17(26)10-20(16)27/h2-10H,11-13H2,1H3/b22-9-. The monoisotopic (exact) mass is 469 g/mol. The minimum Gasteiger partial charge on any atom is -0.478 e. The summed E-state index contributed by atoms with van der Waals surface area (Å²) in [5, 5.41) is 0.951. The van der Waals surface area contributed by atoms with Crippen molar-refractivity contribution in [3.8, 4) is 11.5 Å². The summed E-state index contributed by atoms with van der Waals surface area (Å²) < 4.78 is 25.2. The van der Waals surface area contributed by atoms with E-state index in [-0.39, 0.29) is 17.4 Å². The van der Waals surface area contributed by atoms with Gasteiger partial charge in [0.15, 0.2) is 5.76 Å². The van der Waals surface area contributed by atoms with Crippen molar-refractivity contribution in [2.24, 2.45) is 0 Å². The van der Waals surface area contributed by atoms with Crippen molar-refractivity contribution < 1.29 is 18.7 Å². The second-order valence-corrected chi connectivity index (χ2v) is 8.71. The summed E-state index contributed by atoms with van der Waals surface area (Å²) in [6, 6.07) is 13.3. The Labute approximate surface area is 194 Å². The Morgan fingerprint density at radius 3 is 2.66 bits per heavy atom. The van der Waals surface area contributed by atoms with Gasteiger partial charge < -0.3 is 9.47 Å². The molecule has 2 heterocycles. The first-order valence-electron chi connectivity index (χ1n) is 10.0. The van der Waals surface area contributed by atoms with E-state index < -0.39 is 0 Å². The number of hydrogen-bond donors (Lipinski definition) is 0. The molecule has 0 atom stereocenters. The molecule has 2 aliphatic rings. The lowest BCUT2D eigenvalue weighted by atomic mass is 9.98. The Bertz CT molecular complexity index is 1270. The van der Waals surface area contributed by atoms with Gasteiger partial charge in [-0.15, -0.1) is 0 Å². The maximum absolute atomic E-state index is 13.2. The second kappa shape index (κ2) is 8.24. The third kappa shape index (κ3) is 3.88. The maximum Gasteiger partial charge on any atom is 0.232 e. The average molecular weight is 470 g/mol. The van der Waals surface area contributed by atoms with Crippen molar-refractivity contribution in [2.45, 2.75) is 20.0 Å². The molecule has 32 heavy (non-hydrogen) atoms. The van der Waals surface area contributed by atoms with E-state index in [1.165, 1.54) is 12.1 Å². The van der Waals surface area contributed by atoms with Gasteiger partial charge >= 0.3 is 0 Å². The highest BCUT2D eigenvalue weighted by Crippen LogP contribution is 2.44. The fourth-order valence-electron chi connectivity index (χ4n) is 3.99. The Hall–Kier alpha value is -2.86. The van der Waals surface area contributed by atoms with Crippen LogP contribution in [0.15, 0.2) is 54.3 Å². The number of nitrogens with zero attached hydrogens (tertiary/aromatic N) is 1. The molecule has 0 bridgehead atoms. The van der Waals surface area contributed by atoms with Crippen molar-refractivity contribution in [1.82, 2.24) is 4.90 Å². The summed E-state index contributed by atoms with van der Waals surface area (Å²) in [4.78, 5) is 15.2. The van der Waals surface area contributed by atoms with E-state index in [1.807, 2.05) is 13.0 Å². The van der Waals surface area contributed by atoms with Crippen LogP contribution in [0.2, 0.25) is 10.0 Å². The van der Waals surface area contributed by atoms with Gasteiger partial charge in [-0.25, -0.2) is 4.39 Å². The van der Waals surface area contributed by atoms with Gasteiger partial charge in [0.25, 0.3) is 0 Å². The van der Waals surface area contributed by atoms with E-state index in [2.05, 4.69) is 4.90 Å². The molecule has 0 aliphatic carbocycles. The zero-order chi connectivity index (χ0) is 22.4.